The molecule has 188 valence electrons. The maximum absolute atomic E-state index is 13.6. The molecule has 0 radical (unpaired) electrons. The quantitative estimate of drug-likeness (QED) is 0.524. The van der Waals surface area contributed by atoms with E-state index in [9.17, 15) is 18.8 Å². The van der Waals surface area contributed by atoms with E-state index in [1.807, 2.05) is 37.3 Å². The highest BCUT2D eigenvalue weighted by atomic mass is 19.1. The maximum Gasteiger partial charge on any atom is 0.275 e. The molecule has 36 heavy (non-hydrogen) atoms. The van der Waals surface area contributed by atoms with Gasteiger partial charge in [0.25, 0.3) is 11.8 Å². The van der Waals surface area contributed by atoms with Gasteiger partial charge in [0.2, 0.25) is 5.91 Å². The Bertz CT molecular complexity index is 1260. The first-order valence-electron chi connectivity index (χ1n) is 12.0. The largest absolute Gasteiger partial charge is 0.350 e. The van der Waals surface area contributed by atoms with Gasteiger partial charge in [0.05, 0.1) is 12.9 Å². The van der Waals surface area contributed by atoms with Gasteiger partial charge in [0, 0.05) is 26.2 Å². The van der Waals surface area contributed by atoms with Crippen LogP contribution in [0, 0.1) is 5.82 Å². The van der Waals surface area contributed by atoms with Crippen LogP contribution in [0.1, 0.15) is 52.9 Å². The van der Waals surface area contributed by atoms with Crippen LogP contribution in [0.3, 0.4) is 0 Å². The zero-order chi connectivity index (χ0) is 25.9. The minimum absolute atomic E-state index is 0.0880. The molecule has 1 N–H and O–H groups in total. The Hall–Kier alpha value is -4.01. The minimum Gasteiger partial charge on any atom is -0.350 e. The van der Waals surface area contributed by atoms with Crippen molar-refractivity contribution < 1.29 is 18.8 Å². The van der Waals surface area contributed by atoms with E-state index < -0.39 is 11.4 Å². The number of aromatic nitrogens is 2. The van der Waals surface area contributed by atoms with Gasteiger partial charge >= 0.3 is 0 Å². The molecule has 0 saturated heterocycles. The van der Waals surface area contributed by atoms with E-state index in [1.165, 1.54) is 23.4 Å². The average molecular weight is 492 g/mol. The van der Waals surface area contributed by atoms with Crippen molar-refractivity contribution in [1.29, 1.82) is 0 Å². The predicted molar refractivity (Wildman–Crippen MR) is 132 cm³/mol. The summed E-state index contributed by atoms with van der Waals surface area (Å²) in [4.78, 5) is 47.7. The fourth-order valence-electron chi connectivity index (χ4n) is 4.59. The molecular formula is C27H30FN5O3. The number of hydrogen-bond donors (Lipinski definition) is 1. The van der Waals surface area contributed by atoms with Crippen LogP contribution in [0.5, 0.6) is 0 Å². The van der Waals surface area contributed by atoms with Gasteiger partial charge in [-0.25, -0.2) is 9.37 Å². The number of carbonyl (C=O) groups is 3. The number of likely N-dealkylation sites (N-methyl/N-ethyl adjacent to an activating group) is 1. The van der Waals surface area contributed by atoms with Crippen LogP contribution in [0.4, 0.5) is 4.39 Å². The molecule has 1 atom stereocenters. The first-order valence-corrected chi connectivity index (χ1v) is 12.0. The molecule has 4 rings (SSSR count). The molecule has 2 aromatic carbocycles. The van der Waals surface area contributed by atoms with Crippen molar-refractivity contribution in [3.05, 3.63) is 89.3 Å². The number of imidazole rings is 1. The van der Waals surface area contributed by atoms with Gasteiger partial charge in [-0.1, -0.05) is 42.5 Å². The van der Waals surface area contributed by atoms with Crippen LogP contribution < -0.4 is 5.32 Å². The van der Waals surface area contributed by atoms with Crippen LogP contribution in [0.25, 0.3) is 0 Å². The Labute approximate surface area is 209 Å². The zero-order valence-electron chi connectivity index (χ0n) is 20.7. The summed E-state index contributed by atoms with van der Waals surface area (Å²) in [6.45, 7) is 6.87. The number of rotatable bonds is 8. The maximum atomic E-state index is 13.6. The van der Waals surface area contributed by atoms with Gasteiger partial charge in [-0.05, 0) is 44.0 Å². The van der Waals surface area contributed by atoms with Gasteiger partial charge in [-0.3, -0.25) is 14.4 Å². The Morgan fingerprint density at radius 3 is 2.42 bits per heavy atom. The summed E-state index contributed by atoms with van der Waals surface area (Å²) in [5.41, 5.74) is 0.816. The van der Waals surface area contributed by atoms with E-state index in [2.05, 4.69) is 10.3 Å². The average Bonchev–Trinajstić information content (AvgIpc) is 3.30. The van der Waals surface area contributed by atoms with Gasteiger partial charge in [0.1, 0.15) is 17.1 Å². The number of nitrogens with zero attached hydrogens (tertiary/aromatic N) is 4. The Balaban J connectivity index is 1.57. The SMILES string of the molecule is CCN(Cc1ccccc1)C(=O)c1ncn2c1C(=O)N(CC)C(C)(C(=O)NCc1ccc(F)cc1)C2. The van der Waals surface area contributed by atoms with E-state index in [0.717, 1.165) is 11.1 Å². The van der Waals surface area contributed by atoms with Crippen molar-refractivity contribution in [3.8, 4) is 0 Å². The number of benzene rings is 2. The monoisotopic (exact) mass is 491 g/mol. The van der Waals surface area contributed by atoms with Gasteiger partial charge in [-0.2, -0.15) is 0 Å². The highest BCUT2D eigenvalue weighted by Crippen LogP contribution is 2.29. The van der Waals surface area contributed by atoms with Crippen molar-refractivity contribution >= 4 is 17.7 Å². The minimum atomic E-state index is -1.19. The topological polar surface area (TPSA) is 87.5 Å². The van der Waals surface area contributed by atoms with Crippen LogP contribution in [0.15, 0.2) is 60.9 Å². The molecular weight excluding hydrogens is 461 g/mol. The summed E-state index contributed by atoms with van der Waals surface area (Å²) in [5, 5.41) is 2.86. The van der Waals surface area contributed by atoms with E-state index >= 15 is 0 Å². The third kappa shape index (κ3) is 4.73. The summed E-state index contributed by atoms with van der Waals surface area (Å²) in [6.07, 6.45) is 1.45. The lowest BCUT2D eigenvalue weighted by atomic mass is 9.94. The summed E-state index contributed by atoms with van der Waals surface area (Å²) < 4.78 is 14.8. The van der Waals surface area contributed by atoms with Crippen molar-refractivity contribution in [2.75, 3.05) is 13.1 Å². The fourth-order valence-corrected chi connectivity index (χ4v) is 4.59. The highest BCUT2D eigenvalue weighted by molar-refractivity contribution is 6.07. The zero-order valence-corrected chi connectivity index (χ0v) is 20.7. The van der Waals surface area contributed by atoms with Gasteiger partial charge in [-0.15, -0.1) is 0 Å². The van der Waals surface area contributed by atoms with Gasteiger partial charge in [0.15, 0.2) is 5.69 Å². The van der Waals surface area contributed by atoms with Crippen LogP contribution in [-0.2, 0) is 24.4 Å². The molecule has 3 amide bonds. The van der Waals surface area contributed by atoms with E-state index in [-0.39, 0.29) is 48.7 Å². The Morgan fingerprint density at radius 1 is 1.08 bits per heavy atom. The first kappa shape index (κ1) is 25.1. The molecule has 1 aliphatic rings. The molecule has 0 spiro atoms. The molecule has 0 fully saturated rings. The second kappa shape index (κ2) is 10.3. The van der Waals surface area contributed by atoms with E-state index in [1.54, 1.807) is 35.4 Å². The van der Waals surface area contributed by atoms with E-state index in [0.29, 0.717) is 13.1 Å². The van der Waals surface area contributed by atoms with Gasteiger partial charge < -0.3 is 19.7 Å². The number of fused-ring (bicyclic) bond motifs is 1. The molecule has 9 heteroatoms. The number of hydrogen-bond acceptors (Lipinski definition) is 4. The summed E-state index contributed by atoms with van der Waals surface area (Å²) in [7, 11) is 0. The Morgan fingerprint density at radius 2 is 1.78 bits per heavy atom. The smallest absolute Gasteiger partial charge is 0.275 e. The lowest BCUT2D eigenvalue weighted by molar-refractivity contribution is -0.132. The molecule has 8 nitrogen and oxygen atoms in total. The first-order chi connectivity index (χ1) is 17.3. The molecule has 1 aromatic heterocycles. The van der Waals surface area contributed by atoms with Crippen molar-refractivity contribution in [1.82, 2.24) is 24.7 Å². The third-order valence-corrected chi connectivity index (χ3v) is 6.62. The molecule has 0 aliphatic carbocycles. The summed E-state index contributed by atoms with van der Waals surface area (Å²) in [6, 6.07) is 15.5. The number of amides is 3. The second-order valence-electron chi connectivity index (χ2n) is 9.01. The van der Waals surface area contributed by atoms with Crippen molar-refractivity contribution in [2.24, 2.45) is 0 Å². The second-order valence-corrected chi connectivity index (χ2v) is 9.01. The standard InChI is InChI=1S/C27H30FN5O3/c1-4-31(16-20-9-7-6-8-10-20)24(34)22-23-25(35)33(5-2)27(3,17-32(23)18-30-22)26(36)29-15-19-11-13-21(28)14-12-19/h6-14,18H,4-5,15-17H2,1-3H3,(H,29,36). The third-order valence-electron chi connectivity index (χ3n) is 6.62. The number of halogens is 1. The lowest BCUT2D eigenvalue weighted by Crippen LogP contribution is -2.63. The highest BCUT2D eigenvalue weighted by Gasteiger charge is 2.48. The molecule has 1 unspecified atom stereocenters. The van der Waals surface area contributed by atoms with Crippen molar-refractivity contribution in [3.63, 3.8) is 0 Å². The van der Waals surface area contributed by atoms with Crippen LogP contribution in [-0.4, -0.2) is 55.7 Å². The molecule has 0 saturated carbocycles. The molecule has 3 aromatic rings. The molecule has 2 heterocycles. The fraction of sp³-hybridized carbons (Fsp3) is 0.333. The summed E-state index contributed by atoms with van der Waals surface area (Å²) >= 11 is 0. The van der Waals surface area contributed by atoms with E-state index in [4.69, 9.17) is 0 Å². The molecule has 0 bridgehead atoms. The Kier molecular flexibility index (Phi) is 7.19. The molecule has 1 aliphatic heterocycles. The van der Waals surface area contributed by atoms with Crippen molar-refractivity contribution in [2.45, 2.75) is 45.9 Å². The number of nitrogens with one attached hydrogen (secondary N) is 1. The number of carbonyl (C=O) groups excluding carboxylic acids is 3. The predicted octanol–water partition coefficient (Wildman–Crippen LogP) is 3.24. The van der Waals surface area contributed by atoms with Crippen LogP contribution >= 0.6 is 0 Å². The normalized spacial score (nSPS) is 17.0. The van der Waals surface area contributed by atoms with Crippen LogP contribution in [0.2, 0.25) is 0 Å². The summed E-state index contributed by atoms with van der Waals surface area (Å²) in [5.74, 6) is -1.44. The lowest BCUT2D eigenvalue weighted by Gasteiger charge is -2.43.